The summed E-state index contributed by atoms with van der Waals surface area (Å²) in [4.78, 5) is 0. The standard InChI is InChI=1S/C8H7NO2S/c10-6-1-2-7-5(3-6)4-11-8(12)9-7/h1-3,10H,4H2,(H,9,12). The van der Waals surface area contributed by atoms with Gasteiger partial charge in [-0.2, -0.15) is 0 Å². The van der Waals surface area contributed by atoms with Crippen LogP contribution in [0.5, 0.6) is 5.75 Å². The van der Waals surface area contributed by atoms with Gasteiger partial charge in [-0.3, -0.25) is 0 Å². The minimum atomic E-state index is 0.243. The van der Waals surface area contributed by atoms with E-state index in [0.717, 1.165) is 11.3 Å². The molecular formula is C8H7NO2S. The number of anilines is 1. The highest BCUT2D eigenvalue weighted by atomic mass is 32.1. The zero-order valence-corrected chi connectivity index (χ0v) is 7.02. The molecule has 0 spiro atoms. The summed E-state index contributed by atoms with van der Waals surface area (Å²) >= 11 is 4.82. The second-order valence-corrected chi connectivity index (χ2v) is 2.91. The third kappa shape index (κ3) is 1.21. The SMILES string of the molecule is Oc1ccc2c(c1)COC(=S)N2. The Bertz CT molecular complexity index is 338. The summed E-state index contributed by atoms with van der Waals surface area (Å²) in [6, 6.07) is 5.04. The molecule has 0 saturated carbocycles. The lowest BCUT2D eigenvalue weighted by atomic mass is 10.1. The maximum Gasteiger partial charge on any atom is 0.261 e. The average Bonchev–Trinajstić information content (AvgIpc) is 2.05. The molecule has 2 N–H and O–H groups in total. The largest absolute Gasteiger partial charge is 0.508 e. The molecule has 0 aliphatic carbocycles. The minimum absolute atomic E-state index is 0.243. The second-order valence-electron chi connectivity index (χ2n) is 2.54. The van der Waals surface area contributed by atoms with E-state index in [0.29, 0.717) is 11.8 Å². The number of aromatic hydroxyl groups is 1. The lowest BCUT2D eigenvalue weighted by Crippen LogP contribution is -2.19. The van der Waals surface area contributed by atoms with Gasteiger partial charge in [0.05, 0.1) is 0 Å². The number of ether oxygens (including phenoxy) is 1. The molecule has 1 aromatic rings. The van der Waals surface area contributed by atoms with E-state index in [-0.39, 0.29) is 5.75 Å². The molecule has 12 heavy (non-hydrogen) atoms. The van der Waals surface area contributed by atoms with Gasteiger partial charge < -0.3 is 15.2 Å². The van der Waals surface area contributed by atoms with Crippen molar-refractivity contribution in [3.63, 3.8) is 0 Å². The maximum atomic E-state index is 9.14. The number of nitrogens with one attached hydrogen (secondary N) is 1. The summed E-state index contributed by atoms with van der Waals surface area (Å²) in [6.45, 7) is 0.426. The van der Waals surface area contributed by atoms with Crippen molar-refractivity contribution in [2.45, 2.75) is 6.61 Å². The molecular weight excluding hydrogens is 174 g/mol. The Morgan fingerprint density at radius 3 is 3.17 bits per heavy atom. The first-order valence-corrected chi connectivity index (χ1v) is 3.92. The van der Waals surface area contributed by atoms with Gasteiger partial charge in [-0.25, -0.2) is 0 Å². The van der Waals surface area contributed by atoms with Gasteiger partial charge in [0.25, 0.3) is 5.17 Å². The van der Waals surface area contributed by atoms with Gasteiger partial charge in [-0.1, -0.05) is 0 Å². The molecule has 62 valence electrons. The summed E-state index contributed by atoms with van der Waals surface area (Å²) in [5.41, 5.74) is 1.83. The molecule has 0 unspecified atom stereocenters. The van der Waals surface area contributed by atoms with Crippen LogP contribution in [-0.2, 0) is 11.3 Å². The number of phenolic OH excluding ortho intramolecular Hbond substituents is 1. The number of rotatable bonds is 0. The van der Waals surface area contributed by atoms with Crippen molar-refractivity contribution in [2.75, 3.05) is 5.32 Å². The normalized spacial score (nSPS) is 14.5. The van der Waals surface area contributed by atoms with E-state index in [4.69, 9.17) is 22.1 Å². The molecule has 0 amide bonds. The van der Waals surface area contributed by atoms with Crippen molar-refractivity contribution in [3.8, 4) is 5.75 Å². The number of hydrogen-bond donors (Lipinski definition) is 2. The van der Waals surface area contributed by atoms with E-state index in [1.165, 1.54) is 0 Å². The highest BCUT2D eigenvalue weighted by Gasteiger charge is 2.12. The van der Waals surface area contributed by atoms with Crippen LogP contribution in [0.15, 0.2) is 18.2 Å². The third-order valence-corrected chi connectivity index (χ3v) is 1.90. The van der Waals surface area contributed by atoms with E-state index >= 15 is 0 Å². The summed E-state index contributed by atoms with van der Waals surface area (Å²) in [5, 5.41) is 12.4. The molecule has 2 rings (SSSR count). The molecule has 1 aromatic carbocycles. The van der Waals surface area contributed by atoms with Crippen LogP contribution in [0.2, 0.25) is 0 Å². The van der Waals surface area contributed by atoms with E-state index in [9.17, 15) is 0 Å². The Balaban J connectivity index is 2.43. The van der Waals surface area contributed by atoms with Crippen molar-refractivity contribution in [3.05, 3.63) is 23.8 Å². The van der Waals surface area contributed by atoms with E-state index in [1.54, 1.807) is 18.2 Å². The molecule has 1 heterocycles. The van der Waals surface area contributed by atoms with Crippen LogP contribution in [-0.4, -0.2) is 10.3 Å². The number of fused-ring (bicyclic) bond motifs is 1. The molecule has 1 aliphatic heterocycles. The van der Waals surface area contributed by atoms with Gasteiger partial charge in [0.2, 0.25) is 0 Å². The molecule has 3 nitrogen and oxygen atoms in total. The van der Waals surface area contributed by atoms with Gasteiger partial charge in [-0.05, 0) is 30.4 Å². The first kappa shape index (κ1) is 7.36. The van der Waals surface area contributed by atoms with Crippen molar-refractivity contribution < 1.29 is 9.84 Å². The van der Waals surface area contributed by atoms with E-state index in [2.05, 4.69) is 5.32 Å². The Labute approximate surface area is 75.0 Å². The minimum Gasteiger partial charge on any atom is -0.508 e. The molecule has 0 atom stereocenters. The topological polar surface area (TPSA) is 41.5 Å². The van der Waals surface area contributed by atoms with E-state index < -0.39 is 0 Å². The molecule has 0 saturated heterocycles. The average molecular weight is 181 g/mol. The predicted molar refractivity (Wildman–Crippen MR) is 49.1 cm³/mol. The van der Waals surface area contributed by atoms with Gasteiger partial charge >= 0.3 is 0 Å². The lowest BCUT2D eigenvalue weighted by molar-refractivity contribution is 0.293. The number of phenols is 1. The van der Waals surface area contributed by atoms with Crippen molar-refractivity contribution >= 4 is 23.1 Å². The van der Waals surface area contributed by atoms with Crippen LogP contribution in [0.25, 0.3) is 0 Å². The summed E-state index contributed by atoms with van der Waals surface area (Å²) in [5.74, 6) is 0.243. The predicted octanol–water partition coefficient (Wildman–Crippen LogP) is 1.62. The van der Waals surface area contributed by atoms with Crippen molar-refractivity contribution in [1.82, 2.24) is 0 Å². The highest BCUT2D eigenvalue weighted by Crippen LogP contribution is 2.25. The zero-order valence-electron chi connectivity index (χ0n) is 6.20. The first-order valence-electron chi connectivity index (χ1n) is 3.51. The Morgan fingerprint density at radius 1 is 1.50 bits per heavy atom. The summed E-state index contributed by atoms with van der Waals surface area (Å²) in [7, 11) is 0. The summed E-state index contributed by atoms with van der Waals surface area (Å²) < 4.78 is 5.07. The molecule has 1 aliphatic rings. The number of hydrogen-bond acceptors (Lipinski definition) is 3. The van der Waals surface area contributed by atoms with Crippen LogP contribution in [0.4, 0.5) is 5.69 Å². The molecule has 4 heteroatoms. The Kier molecular flexibility index (Phi) is 1.62. The number of benzene rings is 1. The molecule has 0 radical (unpaired) electrons. The zero-order chi connectivity index (χ0) is 8.55. The maximum absolute atomic E-state index is 9.14. The fraction of sp³-hybridized carbons (Fsp3) is 0.125. The Hall–Kier alpha value is -1.29. The van der Waals surface area contributed by atoms with Gasteiger partial charge in [-0.15, -0.1) is 0 Å². The lowest BCUT2D eigenvalue weighted by Gasteiger charge is -2.19. The second kappa shape index (κ2) is 2.64. The van der Waals surface area contributed by atoms with Crippen LogP contribution < -0.4 is 5.32 Å². The van der Waals surface area contributed by atoms with Crippen LogP contribution in [0.1, 0.15) is 5.56 Å². The van der Waals surface area contributed by atoms with Crippen molar-refractivity contribution in [1.29, 1.82) is 0 Å². The molecule has 0 fully saturated rings. The monoisotopic (exact) mass is 181 g/mol. The fourth-order valence-corrected chi connectivity index (χ4v) is 1.28. The molecule has 0 aromatic heterocycles. The van der Waals surface area contributed by atoms with Crippen LogP contribution in [0.3, 0.4) is 0 Å². The fourth-order valence-electron chi connectivity index (χ4n) is 1.11. The van der Waals surface area contributed by atoms with Gasteiger partial charge in [0.15, 0.2) is 0 Å². The molecule has 0 bridgehead atoms. The first-order chi connectivity index (χ1) is 5.75. The smallest absolute Gasteiger partial charge is 0.261 e. The van der Waals surface area contributed by atoms with E-state index in [1.807, 2.05) is 0 Å². The van der Waals surface area contributed by atoms with Gasteiger partial charge in [0, 0.05) is 11.3 Å². The van der Waals surface area contributed by atoms with Crippen LogP contribution >= 0.6 is 12.2 Å². The van der Waals surface area contributed by atoms with Crippen molar-refractivity contribution in [2.24, 2.45) is 0 Å². The van der Waals surface area contributed by atoms with Gasteiger partial charge in [0.1, 0.15) is 12.4 Å². The quantitative estimate of drug-likeness (QED) is 0.471. The third-order valence-electron chi connectivity index (χ3n) is 1.68. The summed E-state index contributed by atoms with van der Waals surface area (Å²) in [6.07, 6.45) is 0. The number of thiocarbonyl (C=S) groups is 1. The Morgan fingerprint density at radius 2 is 2.33 bits per heavy atom. The van der Waals surface area contributed by atoms with Crippen LogP contribution in [0, 0.1) is 0 Å². The highest BCUT2D eigenvalue weighted by molar-refractivity contribution is 7.80.